The second kappa shape index (κ2) is 11.9. The van der Waals surface area contributed by atoms with Crippen LogP contribution in [-0.2, 0) is 0 Å². The molecule has 0 bridgehead atoms. The van der Waals surface area contributed by atoms with Gasteiger partial charge in [0.05, 0.1) is 62.1 Å². The first kappa shape index (κ1) is 30.1. The van der Waals surface area contributed by atoms with Gasteiger partial charge >= 0.3 is 0 Å². The van der Waals surface area contributed by atoms with Crippen LogP contribution in [0.3, 0.4) is 0 Å². The van der Waals surface area contributed by atoms with Crippen LogP contribution in [-0.4, -0.2) is 28.7 Å². The molecule has 246 valence electrons. The third-order valence-corrected chi connectivity index (χ3v) is 9.70. The zero-order valence-corrected chi connectivity index (χ0v) is 28.1. The highest BCUT2D eigenvalue weighted by Crippen LogP contribution is 2.37. The summed E-state index contributed by atoms with van der Waals surface area (Å²) in [6.45, 7) is 0. The van der Waals surface area contributed by atoms with Gasteiger partial charge in [-0.1, -0.05) is 72.8 Å². The van der Waals surface area contributed by atoms with E-state index in [1.807, 2.05) is 84.9 Å². The van der Waals surface area contributed by atoms with Gasteiger partial charge in [-0.3, -0.25) is 9.13 Å². The molecule has 0 atom stereocenters. The molecule has 0 aliphatic carbocycles. The highest BCUT2D eigenvalue weighted by atomic mass is 15.1. The van der Waals surface area contributed by atoms with Gasteiger partial charge in [0.25, 0.3) is 0 Å². The van der Waals surface area contributed by atoms with Crippen molar-refractivity contribution in [2.45, 2.75) is 0 Å². The van der Waals surface area contributed by atoms with E-state index in [9.17, 15) is 10.5 Å². The van der Waals surface area contributed by atoms with Crippen LogP contribution in [0, 0.1) is 22.7 Å². The molecule has 0 aliphatic rings. The van der Waals surface area contributed by atoms with E-state index in [0.29, 0.717) is 34.2 Å². The molecular formula is C45H26N8. The molecule has 0 unspecified atom stereocenters. The van der Waals surface area contributed by atoms with Crippen molar-refractivity contribution in [3.8, 4) is 52.2 Å². The van der Waals surface area contributed by atoms with Crippen LogP contribution in [0.5, 0.6) is 0 Å². The second-order valence-corrected chi connectivity index (χ2v) is 12.8. The quantitative estimate of drug-likeness (QED) is 0.180. The zero-order chi connectivity index (χ0) is 35.5. The van der Waals surface area contributed by atoms with Crippen LogP contribution >= 0.6 is 0 Å². The van der Waals surface area contributed by atoms with Crippen molar-refractivity contribution < 1.29 is 0 Å². The number of imidazole rings is 2. The summed E-state index contributed by atoms with van der Waals surface area (Å²) in [5.41, 5.74) is 10.3. The van der Waals surface area contributed by atoms with Gasteiger partial charge in [0.1, 0.15) is 11.4 Å². The SMILES string of the molecule is N#Cc1cccc(-n2c(-c3cc(-n4c5ccccc5c5ccccc54)cc(-c4nc5ccccc5n4-c4cccc(C#N)c4)n3)nc3ccccc32)c1. The molecule has 0 saturated heterocycles. The largest absolute Gasteiger partial charge is 0.309 e. The molecule has 53 heavy (non-hydrogen) atoms. The van der Waals surface area contributed by atoms with E-state index >= 15 is 0 Å². The number of pyridine rings is 1. The maximum Gasteiger partial charge on any atom is 0.164 e. The van der Waals surface area contributed by atoms with Crippen LogP contribution < -0.4 is 0 Å². The smallest absolute Gasteiger partial charge is 0.164 e. The van der Waals surface area contributed by atoms with Crippen molar-refractivity contribution in [1.82, 2.24) is 28.7 Å². The Hall–Kier alpha value is -7.81. The zero-order valence-electron chi connectivity index (χ0n) is 28.1. The standard InChI is InChI=1S/C45H26N8/c46-27-29-11-9-13-31(23-29)52-42-21-7-3-17-36(42)49-44(52)38-25-33(51-40-19-5-1-15-34(40)35-16-2-6-20-41(35)51)26-39(48-38)45-50-37-18-4-8-22-43(37)53(45)32-14-10-12-30(24-32)28-47/h1-26H. The monoisotopic (exact) mass is 678 g/mol. The van der Waals surface area contributed by atoms with E-state index in [1.54, 1.807) is 12.1 Å². The number of hydrogen-bond acceptors (Lipinski definition) is 5. The van der Waals surface area contributed by atoms with Gasteiger partial charge in [0, 0.05) is 22.1 Å². The third-order valence-electron chi connectivity index (χ3n) is 9.70. The maximum atomic E-state index is 9.83. The molecular weight excluding hydrogens is 653 g/mol. The van der Waals surface area contributed by atoms with E-state index in [0.717, 1.165) is 60.9 Å². The Morgan fingerprint density at radius 1 is 0.377 bits per heavy atom. The molecule has 8 nitrogen and oxygen atoms in total. The van der Waals surface area contributed by atoms with Gasteiger partial charge in [-0.2, -0.15) is 10.5 Å². The number of rotatable bonds is 5. The topological polar surface area (TPSA) is 101 Å². The number of nitriles is 2. The van der Waals surface area contributed by atoms with E-state index in [-0.39, 0.29) is 0 Å². The fraction of sp³-hybridized carbons (Fsp3) is 0. The predicted molar refractivity (Wildman–Crippen MR) is 208 cm³/mol. The molecule has 0 fully saturated rings. The molecule has 0 saturated carbocycles. The first-order chi connectivity index (χ1) is 26.2. The van der Waals surface area contributed by atoms with E-state index < -0.39 is 0 Å². The lowest BCUT2D eigenvalue weighted by atomic mass is 10.2. The average Bonchev–Trinajstić information content (AvgIpc) is 3.91. The molecule has 0 aliphatic heterocycles. The minimum Gasteiger partial charge on any atom is -0.309 e. The van der Waals surface area contributed by atoms with Gasteiger partial charge < -0.3 is 4.57 Å². The Kier molecular flexibility index (Phi) is 6.75. The van der Waals surface area contributed by atoms with Gasteiger partial charge in [-0.15, -0.1) is 0 Å². The fourth-order valence-electron chi connectivity index (χ4n) is 7.42. The number of nitrogens with zero attached hydrogens (tertiary/aromatic N) is 8. The summed E-state index contributed by atoms with van der Waals surface area (Å²) >= 11 is 0. The van der Waals surface area contributed by atoms with Crippen molar-refractivity contribution in [3.05, 3.63) is 169 Å². The lowest BCUT2D eigenvalue weighted by molar-refractivity contribution is 1.05. The van der Waals surface area contributed by atoms with Crippen LogP contribution in [0.1, 0.15) is 11.1 Å². The summed E-state index contributed by atoms with van der Waals surface area (Å²) in [4.78, 5) is 15.8. The van der Waals surface area contributed by atoms with Crippen LogP contribution in [0.2, 0.25) is 0 Å². The number of aromatic nitrogens is 6. The average molecular weight is 679 g/mol. The lowest BCUT2D eigenvalue weighted by Gasteiger charge is -2.15. The Morgan fingerprint density at radius 3 is 1.28 bits per heavy atom. The molecule has 4 aromatic heterocycles. The predicted octanol–water partition coefficient (Wildman–Crippen LogP) is 9.93. The highest BCUT2D eigenvalue weighted by molar-refractivity contribution is 6.09. The van der Waals surface area contributed by atoms with E-state index in [1.165, 1.54) is 0 Å². The molecule has 0 N–H and O–H groups in total. The molecule has 4 heterocycles. The molecule has 8 heteroatoms. The summed E-state index contributed by atoms with van der Waals surface area (Å²) in [7, 11) is 0. The van der Waals surface area contributed by atoms with Crippen LogP contribution in [0.25, 0.3) is 84.0 Å². The second-order valence-electron chi connectivity index (χ2n) is 12.8. The third kappa shape index (κ3) is 4.79. The summed E-state index contributed by atoms with van der Waals surface area (Å²) < 4.78 is 6.40. The molecule has 10 rings (SSSR count). The van der Waals surface area contributed by atoms with Crippen LogP contribution in [0.15, 0.2) is 158 Å². The van der Waals surface area contributed by atoms with E-state index in [2.05, 4.69) is 86.5 Å². The summed E-state index contributed by atoms with van der Waals surface area (Å²) in [6.07, 6.45) is 0. The van der Waals surface area contributed by atoms with Gasteiger partial charge in [0.2, 0.25) is 0 Å². The summed E-state index contributed by atoms with van der Waals surface area (Å²) in [5, 5.41) is 22.0. The Bertz CT molecular complexity index is 2960. The number of para-hydroxylation sites is 6. The highest BCUT2D eigenvalue weighted by Gasteiger charge is 2.23. The molecule has 0 amide bonds. The van der Waals surface area contributed by atoms with Crippen molar-refractivity contribution in [2.75, 3.05) is 0 Å². The minimum atomic E-state index is 0.548. The van der Waals surface area contributed by atoms with Crippen molar-refractivity contribution in [2.24, 2.45) is 0 Å². The first-order valence-electron chi connectivity index (χ1n) is 17.2. The molecule has 0 radical (unpaired) electrons. The Morgan fingerprint density at radius 2 is 0.811 bits per heavy atom. The fourth-order valence-corrected chi connectivity index (χ4v) is 7.42. The van der Waals surface area contributed by atoms with Crippen molar-refractivity contribution in [1.29, 1.82) is 10.5 Å². The van der Waals surface area contributed by atoms with Gasteiger partial charge in [0.15, 0.2) is 11.6 Å². The number of benzene rings is 6. The summed E-state index contributed by atoms with van der Waals surface area (Å²) in [5.74, 6) is 1.25. The first-order valence-corrected chi connectivity index (χ1v) is 17.2. The van der Waals surface area contributed by atoms with E-state index in [4.69, 9.17) is 15.0 Å². The Balaban J connectivity index is 1.33. The van der Waals surface area contributed by atoms with Crippen LogP contribution in [0.4, 0.5) is 0 Å². The Labute approximate surface area is 303 Å². The molecule has 0 spiro atoms. The minimum absolute atomic E-state index is 0.548. The van der Waals surface area contributed by atoms with Crippen molar-refractivity contribution >= 4 is 43.9 Å². The lowest BCUT2D eigenvalue weighted by Crippen LogP contribution is -2.05. The summed E-state index contributed by atoms with van der Waals surface area (Å²) in [6, 6.07) is 56.6. The normalized spacial score (nSPS) is 11.4. The van der Waals surface area contributed by atoms with Gasteiger partial charge in [-0.25, -0.2) is 15.0 Å². The van der Waals surface area contributed by atoms with Gasteiger partial charge in [-0.05, 0) is 84.9 Å². The number of fused-ring (bicyclic) bond motifs is 5. The maximum absolute atomic E-state index is 9.83. The molecule has 6 aromatic carbocycles. The number of hydrogen-bond donors (Lipinski definition) is 0. The van der Waals surface area contributed by atoms with Crippen molar-refractivity contribution in [3.63, 3.8) is 0 Å². The molecule has 10 aromatic rings.